The molecule has 4 N–H and O–H groups in total. The molecule has 9 nitrogen and oxygen atoms in total. The highest BCUT2D eigenvalue weighted by Gasteiger charge is 2.29. The first-order valence-corrected chi connectivity index (χ1v) is 9.90. The average molecular weight is 369 g/mol. The molecule has 3 rings (SSSR count). The zero-order valence-corrected chi connectivity index (χ0v) is 14.1. The molecule has 1 aromatic carbocycles. The van der Waals surface area contributed by atoms with E-state index >= 15 is 0 Å². The maximum Gasteiger partial charge on any atom is 0.243 e. The third-order valence-electron chi connectivity index (χ3n) is 3.72. The quantitative estimate of drug-likeness (QED) is 0.737. The Kier molecular flexibility index (Phi) is 4.03. The van der Waals surface area contributed by atoms with E-state index in [0.717, 1.165) is 5.56 Å². The summed E-state index contributed by atoms with van der Waals surface area (Å²) in [5, 5.41) is 5.01. The summed E-state index contributed by atoms with van der Waals surface area (Å²) in [5.74, 6) is 0.0884. The van der Waals surface area contributed by atoms with Crippen molar-refractivity contribution in [3.05, 3.63) is 41.7 Å². The molecular formula is C13H15N5O4S2. The number of nitrogens with two attached hydrogens (primary N) is 2. The third kappa shape index (κ3) is 3.11. The van der Waals surface area contributed by atoms with Crippen molar-refractivity contribution in [1.29, 1.82) is 0 Å². The maximum atomic E-state index is 12.7. The van der Waals surface area contributed by atoms with Gasteiger partial charge >= 0.3 is 0 Å². The molecule has 1 aliphatic heterocycles. The monoisotopic (exact) mass is 369 g/mol. The second-order valence-electron chi connectivity index (χ2n) is 5.31. The van der Waals surface area contributed by atoms with Gasteiger partial charge in [-0.15, -0.1) is 0 Å². The Labute approximate surface area is 139 Å². The molecule has 0 atom stereocenters. The summed E-state index contributed by atoms with van der Waals surface area (Å²) >= 11 is 0. The van der Waals surface area contributed by atoms with E-state index in [1.54, 1.807) is 6.20 Å². The van der Waals surface area contributed by atoms with Crippen molar-refractivity contribution in [2.24, 2.45) is 5.14 Å². The zero-order chi connectivity index (χ0) is 17.5. The lowest BCUT2D eigenvalue weighted by Crippen LogP contribution is -2.36. The summed E-state index contributed by atoms with van der Waals surface area (Å²) in [7, 11) is -7.66. The highest BCUT2D eigenvalue weighted by molar-refractivity contribution is 7.89. The molecule has 11 heteroatoms. The average Bonchev–Trinajstić information content (AvgIpc) is 2.53. The first kappa shape index (κ1) is 16.8. The Morgan fingerprint density at radius 2 is 1.67 bits per heavy atom. The largest absolute Gasteiger partial charge is 0.368 e. The van der Waals surface area contributed by atoms with Crippen molar-refractivity contribution < 1.29 is 16.8 Å². The van der Waals surface area contributed by atoms with Gasteiger partial charge in [0.2, 0.25) is 26.0 Å². The van der Waals surface area contributed by atoms with Crippen molar-refractivity contribution in [3.63, 3.8) is 0 Å². The van der Waals surface area contributed by atoms with Crippen molar-refractivity contribution in [3.8, 4) is 0 Å². The SMILES string of the molecule is Nc1ncc2c(n1)CN(S(=O)(=O)c1ccc(S(N)(=O)=O)cc1)CC2. The van der Waals surface area contributed by atoms with Crippen LogP contribution < -0.4 is 10.9 Å². The van der Waals surface area contributed by atoms with Crippen LogP contribution in [0.15, 0.2) is 40.3 Å². The van der Waals surface area contributed by atoms with Crippen LogP contribution in [0.3, 0.4) is 0 Å². The van der Waals surface area contributed by atoms with Gasteiger partial charge in [-0.05, 0) is 36.2 Å². The zero-order valence-electron chi connectivity index (χ0n) is 12.5. The van der Waals surface area contributed by atoms with Gasteiger partial charge in [0.05, 0.1) is 22.0 Å². The van der Waals surface area contributed by atoms with Crippen LogP contribution >= 0.6 is 0 Å². The molecule has 2 heterocycles. The van der Waals surface area contributed by atoms with Crippen molar-refractivity contribution in [1.82, 2.24) is 14.3 Å². The van der Waals surface area contributed by atoms with E-state index in [9.17, 15) is 16.8 Å². The lowest BCUT2D eigenvalue weighted by atomic mass is 10.1. The first-order chi connectivity index (χ1) is 11.2. The maximum absolute atomic E-state index is 12.7. The number of hydrogen-bond acceptors (Lipinski definition) is 7. The number of sulfonamides is 2. The minimum absolute atomic E-state index is 0.0135. The fraction of sp³-hybridized carbons (Fsp3) is 0.231. The van der Waals surface area contributed by atoms with Gasteiger partial charge in [-0.25, -0.2) is 31.9 Å². The van der Waals surface area contributed by atoms with E-state index in [-0.39, 0.29) is 28.8 Å². The number of fused-ring (bicyclic) bond motifs is 1. The lowest BCUT2D eigenvalue weighted by molar-refractivity contribution is 0.385. The molecule has 0 unspecified atom stereocenters. The van der Waals surface area contributed by atoms with Gasteiger partial charge in [0.1, 0.15) is 0 Å². The predicted octanol–water partition coefficient (Wildman–Crippen LogP) is -0.547. The molecule has 0 saturated heterocycles. The van der Waals surface area contributed by atoms with Crippen LogP contribution in [0.4, 0.5) is 5.95 Å². The number of benzene rings is 1. The molecule has 0 fully saturated rings. The van der Waals surface area contributed by atoms with Gasteiger partial charge < -0.3 is 5.73 Å². The minimum atomic E-state index is -3.87. The number of nitrogen functional groups attached to an aromatic ring is 1. The number of anilines is 1. The molecule has 0 spiro atoms. The number of hydrogen-bond donors (Lipinski definition) is 2. The van der Waals surface area contributed by atoms with Gasteiger partial charge in [0.25, 0.3) is 0 Å². The number of nitrogens with zero attached hydrogens (tertiary/aromatic N) is 3. The van der Waals surface area contributed by atoms with E-state index in [1.807, 2.05) is 0 Å². The summed E-state index contributed by atoms with van der Waals surface area (Å²) in [6, 6.07) is 4.78. The minimum Gasteiger partial charge on any atom is -0.368 e. The Morgan fingerprint density at radius 1 is 1.04 bits per heavy atom. The molecule has 1 aliphatic rings. The van der Waals surface area contributed by atoms with Gasteiger partial charge in [-0.1, -0.05) is 0 Å². The van der Waals surface area contributed by atoms with E-state index < -0.39 is 20.0 Å². The molecule has 24 heavy (non-hydrogen) atoms. The normalized spacial score (nSPS) is 15.9. The van der Waals surface area contributed by atoms with Crippen LogP contribution in [-0.4, -0.2) is 37.7 Å². The van der Waals surface area contributed by atoms with Crippen LogP contribution in [0, 0.1) is 0 Å². The van der Waals surface area contributed by atoms with Gasteiger partial charge in [-0.2, -0.15) is 4.31 Å². The molecule has 0 amide bonds. The second-order valence-corrected chi connectivity index (χ2v) is 8.80. The van der Waals surface area contributed by atoms with Crippen LogP contribution in [0.2, 0.25) is 0 Å². The number of rotatable bonds is 3. The van der Waals surface area contributed by atoms with Crippen molar-refractivity contribution in [2.45, 2.75) is 22.8 Å². The van der Waals surface area contributed by atoms with Gasteiger partial charge in [0.15, 0.2) is 0 Å². The standard InChI is InChI=1S/C13H15N5O4S2/c14-13-16-7-9-5-6-18(8-12(9)17-13)24(21,22)11-3-1-10(2-4-11)23(15,19)20/h1-4,7H,5-6,8H2,(H2,14,16,17)(H2,15,19,20). The lowest BCUT2D eigenvalue weighted by Gasteiger charge is -2.27. The molecule has 0 saturated carbocycles. The molecule has 1 aromatic heterocycles. The van der Waals surface area contributed by atoms with Crippen LogP contribution in [0.1, 0.15) is 11.3 Å². The molecule has 0 radical (unpaired) electrons. The summed E-state index contributed by atoms with van der Waals surface area (Å²) in [6.07, 6.45) is 2.08. The molecular weight excluding hydrogens is 354 g/mol. The van der Waals surface area contributed by atoms with E-state index in [4.69, 9.17) is 10.9 Å². The Hall–Kier alpha value is -2.08. The van der Waals surface area contributed by atoms with Crippen LogP contribution in [-0.2, 0) is 33.0 Å². The number of primary sulfonamides is 1. The van der Waals surface area contributed by atoms with Crippen LogP contribution in [0.25, 0.3) is 0 Å². The highest BCUT2D eigenvalue weighted by atomic mass is 32.2. The summed E-state index contributed by atoms with van der Waals surface area (Å²) in [4.78, 5) is 7.82. The summed E-state index contributed by atoms with van der Waals surface area (Å²) in [6.45, 7) is 0.362. The molecule has 0 bridgehead atoms. The van der Waals surface area contributed by atoms with E-state index in [1.165, 1.54) is 28.6 Å². The predicted molar refractivity (Wildman–Crippen MR) is 85.6 cm³/mol. The van der Waals surface area contributed by atoms with E-state index in [2.05, 4.69) is 9.97 Å². The Balaban J connectivity index is 1.91. The summed E-state index contributed by atoms with van der Waals surface area (Å²) < 4.78 is 49.2. The second kappa shape index (κ2) is 5.77. The fourth-order valence-corrected chi connectivity index (χ4v) is 4.37. The third-order valence-corrected chi connectivity index (χ3v) is 6.51. The fourth-order valence-electron chi connectivity index (χ4n) is 2.45. The Bertz CT molecular complexity index is 988. The molecule has 0 aliphatic carbocycles. The molecule has 128 valence electrons. The summed E-state index contributed by atoms with van der Waals surface area (Å²) in [5.41, 5.74) is 6.98. The van der Waals surface area contributed by atoms with Gasteiger partial charge in [0, 0.05) is 12.7 Å². The smallest absolute Gasteiger partial charge is 0.243 e. The first-order valence-electron chi connectivity index (χ1n) is 6.91. The van der Waals surface area contributed by atoms with E-state index in [0.29, 0.717) is 12.1 Å². The van der Waals surface area contributed by atoms with Crippen molar-refractivity contribution in [2.75, 3.05) is 12.3 Å². The number of aromatic nitrogens is 2. The highest BCUT2D eigenvalue weighted by Crippen LogP contribution is 2.24. The van der Waals surface area contributed by atoms with Crippen molar-refractivity contribution >= 4 is 26.0 Å². The topological polar surface area (TPSA) is 149 Å². The van der Waals surface area contributed by atoms with Crippen LogP contribution in [0.5, 0.6) is 0 Å². The molecule has 2 aromatic rings. The Morgan fingerprint density at radius 3 is 2.29 bits per heavy atom. The van der Waals surface area contributed by atoms with Gasteiger partial charge in [-0.3, -0.25) is 0 Å².